The van der Waals surface area contributed by atoms with Crippen LogP contribution in [0.5, 0.6) is 0 Å². The number of rotatable bonds is 4. The second-order valence-corrected chi connectivity index (χ2v) is 10.1. The predicted octanol–water partition coefficient (Wildman–Crippen LogP) is 2.08. The Balaban J connectivity index is 2.06. The van der Waals surface area contributed by atoms with Crippen LogP contribution >= 0.6 is 46.4 Å². The zero-order valence-corrected chi connectivity index (χ0v) is 15.6. The minimum absolute atomic E-state index is 0.109. The number of hydrogen-bond acceptors (Lipinski definition) is 4. The van der Waals surface area contributed by atoms with Crippen molar-refractivity contribution in [1.29, 1.82) is 0 Å². The van der Waals surface area contributed by atoms with E-state index in [1.165, 1.54) is 0 Å². The first-order valence-electron chi connectivity index (χ1n) is 6.63. The van der Waals surface area contributed by atoms with Crippen molar-refractivity contribution in [3.8, 4) is 0 Å². The van der Waals surface area contributed by atoms with Gasteiger partial charge in [-0.1, -0.05) is 64.6 Å². The molecule has 0 aliphatic carbocycles. The highest BCUT2D eigenvalue weighted by molar-refractivity contribution is 7.91. The molecule has 0 saturated carbocycles. The summed E-state index contributed by atoms with van der Waals surface area (Å²) in [4.78, 5) is 11.8. The van der Waals surface area contributed by atoms with E-state index >= 15 is 0 Å². The minimum Gasteiger partial charge on any atom is -0.347 e. The summed E-state index contributed by atoms with van der Waals surface area (Å²) in [7, 11) is -3.29. The zero-order chi connectivity index (χ0) is 17.3. The molecule has 1 amide bonds. The van der Waals surface area contributed by atoms with E-state index < -0.39 is 31.6 Å². The number of carbonyl (C=O) groups excluding carboxylic acids is 1. The summed E-state index contributed by atoms with van der Waals surface area (Å²) in [5, 5.41) is 6.13. The van der Waals surface area contributed by atoms with E-state index in [2.05, 4.69) is 10.6 Å². The van der Waals surface area contributed by atoms with Crippen LogP contribution in [0.25, 0.3) is 0 Å². The molecule has 2 atom stereocenters. The van der Waals surface area contributed by atoms with Gasteiger partial charge in [0, 0.05) is 17.6 Å². The van der Waals surface area contributed by atoms with Gasteiger partial charge in [0.15, 0.2) is 9.84 Å². The molecular weight excluding hydrogens is 406 g/mol. The third kappa shape index (κ3) is 5.37. The van der Waals surface area contributed by atoms with Gasteiger partial charge in [0.05, 0.1) is 17.5 Å². The highest BCUT2D eigenvalue weighted by Crippen LogP contribution is 2.27. The van der Waals surface area contributed by atoms with Gasteiger partial charge in [0.1, 0.15) is 0 Å². The standard InChI is InChI=1S/C13H14Cl4N2O3S/c14-9-4-2-1-3-8(9)5-18-10-6-23(21,22)7-11(10)19-12(20)13(15,16)17/h1-4,10-11,18H,5-7H2,(H,19,20)/t10-,11-/m0/s1. The summed E-state index contributed by atoms with van der Waals surface area (Å²) < 4.78 is 21.5. The highest BCUT2D eigenvalue weighted by Gasteiger charge is 2.41. The van der Waals surface area contributed by atoms with Crippen LogP contribution < -0.4 is 10.6 Å². The number of sulfone groups is 1. The SMILES string of the molecule is O=C(N[C@H]1CS(=O)(=O)C[C@@H]1NCc1ccccc1Cl)C(Cl)(Cl)Cl. The number of hydrogen-bond donors (Lipinski definition) is 2. The van der Waals surface area contributed by atoms with Crippen molar-refractivity contribution in [1.82, 2.24) is 10.6 Å². The average Bonchev–Trinajstić information content (AvgIpc) is 2.71. The van der Waals surface area contributed by atoms with E-state index in [4.69, 9.17) is 46.4 Å². The van der Waals surface area contributed by atoms with E-state index in [1.54, 1.807) is 12.1 Å². The number of nitrogens with one attached hydrogen (secondary N) is 2. The Morgan fingerprint density at radius 1 is 1.17 bits per heavy atom. The molecule has 2 N–H and O–H groups in total. The molecule has 2 rings (SSSR count). The highest BCUT2D eigenvalue weighted by atomic mass is 35.6. The molecule has 1 aromatic rings. The summed E-state index contributed by atoms with van der Waals surface area (Å²) in [5.41, 5.74) is 0.824. The van der Waals surface area contributed by atoms with E-state index in [0.29, 0.717) is 11.6 Å². The van der Waals surface area contributed by atoms with E-state index in [1.807, 2.05) is 12.1 Å². The Morgan fingerprint density at radius 3 is 2.39 bits per heavy atom. The molecule has 0 unspecified atom stereocenters. The van der Waals surface area contributed by atoms with Gasteiger partial charge in [-0.25, -0.2) is 8.42 Å². The van der Waals surface area contributed by atoms with Crippen LogP contribution in [0.1, 0.15) is 5.56 Å². The fraction of sp³-hybridized carbons (Fsp3) is 0.462. The third-order valence-corrected chi connectivity index (χ3v) is 6.06. The molecule has 0 spiro atoms. The van der Waals surface area contributed by atoms with Crippen LogP contribution in [0, 0.1) is 0 Å². The summed E-state index contributed by atoms with van der Waals surface area (Å²) in [6.07, 6.45) is 0. The number of benzene rings is 1. The lowest BCUT2D eigenvalue weighted by atomic mass is 10.1. The fourth-order valence-corrected chi connectivity index (χ4v) is 4.59. The lowest BCUT2D eigenvalue weighted by molar-refractivity contribution is -0.120. The molecule has 1 fully saturated rings. The Morgan fingerprint density at radius 2 is 1.78 bits per heavy atom. The van der Waals surface area contributed by atoms with Crippen LogP contribution in [-0.4, -0.2) is 41.7 Å². The quantitative estimate of drug-likeness (QED) is 0.732. The van der Waals surface area contributed by atoms with Crippen LogP contribution in [-0.2, 0) is 21.2 Å². The Hall–Kier alpha value is -0.240. The van der Waals surface area contributed by atoms with Gasteiger partial charge in [0.2, 0.25) is 0 Å². The molecule has 1 saturated heterocycles. The lowest BCUT2D eigenvalue weighted by Crippen LogP contribution is -2.51. The second-order valence-electron chi connectivity index (χ2n) is 5.23. The molecule has 23 heavy (non-hydrogen) atoms. The molecule has 10 heteroatoms. The first-order chi connectivity index (χ1) is 10.6. The fourth-order valence-electron chi connectivity index (χ4n) is 2.32. The number of carbonyl (C=O) groups is 1. The third-order valence-electron chi connectivity index (χ3n) is 3.44. The van der Waals surface area contributed by atoms with E-state index in [0.717, 1.165) is 5.56 Å². The van der Waals surface area contributed by atoms with Gasteiger partial charge in [-0.2, -0.15) is 0 Å². The van der Waals surface area contributed by atoms with Crippen molar-refractivity contribution in [2.24, 2.45) is 0 Å². The lowest BCUT2D eigenvalue weighted by Gasteiger charge is -2.23. The van der Waals surface area contributed by atoms with E-state index in [-0.39, 0.29) is 11.5 Å². The van der Waals surface area contributed by atoms with E-state index in [9.17, 15) is 13.2 Å². The number of amides is 1. The van der Waals surface area contributed by atoms with Gasteiger partial charge in [-0.3, -0.25) is 4.79 Å². The van der Waals surface area contributed by atoms with Crippen molar-refractivity contribution >= 4 is 62.1 Å². The minimum atomic E-state index is -3.29. The van der Waals surface area contributed by atoms with Crippen LogP contribution in [0.15, 0.2) is 24.3 Å². The van der Waals surface area contributed by atoms with Crippen molar-refractivity contribution < 1.29 is 13.2 Å². The largest absolute Gasteiger partial charge is 0.347 e. The average molecular weight is 420 g/mol. The van der Waals surface area contributed by atoms with Crippen LogP contribution in [0.2, 0.25) is 5.02 Å². The molecule has 1 aliphatic heterocycles. The van der Waals surface area contributed by atoms with Gasteiger partial charge >= 0.3 is 0 Å². The van der Waals surface area contributed by atoms with Crippen molar-refractivity contribution in [3.05, 3.63) is 34.9 Å². The van der Waals surface area contributed by atoms with Gasteiger partial charge in [0.25, 0.3) is 9.70 Å². The molecule has 128 valence electrons. The Labute approximate surface area is 154 Å². The van der Waals surface area contributed by atoms with Crippen molar-refractivity contribution in [2.45, 2.75) is 22.4 Å². The Bertz CT molecular complexity index is 691. The molecule has 1 aliphatic rings. The first kappa shape index (κ1) is 19.1. The zero-order valence-electron chi connectivity index (χ0n) is 11.7. The smallest absolute Gasteiger partial charge is 0.272 e. The molecular formula is C13H14Cl4N2O3S. The maximum absolute atomic E-state index is 11.8. The number of alkyl halides is 3. The summed E-state index contributed by atoms with van der Waals surface area (Å²) in [6.45, 7) is 0.361. The second kappa shape index (κ2) is 7.33. The van der Waals surface area contributed by atoms with Gasteiger partial charge in [-0.05, 0) is 11.6 Å². The van der Waals surface area contributed by atoms with Gasteiger partial charge < -0.3 is 10.6 Å². The summed E-state index contributed by atoms with van der Waals surface area (Å²) in [5.74, 6) is -1.17. The van der Waals surface area contributed by atoms with Crippen molar-refractivity contribution in [3.63, 3.8) is 0 Å². The predicted molar refractivity (Wildman–Crippen MR) is 93.0 cm³/mol. The van der Waals surface area contributed by atoms with Crippen LogP contribution in [0.3, 0.4) is 0 Å². The molecule has 5 nitrogen and oxygen atoms in total. The van der Waals surface area contributed by atoms with Crippen LogP contribution in [0.4, 0.5) is 0 Å². The monoisotopic (exact) mass is 418 g/mol. The topological polar surface area (TPSA) is 75.3 Å². The number of halogens is 4. The molecule has 1 aromatic carbocycles. The molecule has 1 heterocycles. The summed E-state index contributed by atoms with van der Waals surface area (Å²) >= 11 is 22.6. The first-order valence-corrected chi connectivity index (χ1v) is 9.97. The maximum atomic E-state index is 11.8. The normalized spacial score (nSPS) is 23.7. The van der Waals surface area contributed by atoms with Crippen molar-refractivity contribution in [2.75, 3.05) is 11.5 Å². The molecule has 0 aromatic heterocycles. The summed E-state index contributed by atoms with van der Waals surface area (Å²) in [6, 6.07) is 6.03. The maximum Gasteiger partial charge on any atom is 0.272 e. The molecule has 0 bridgehead atoms. The van der Waals surface area contributed by atoms with Gasteiger partial charge in [-0.15, -0.1) is 0 Å². The molecule has 0 radical (unpaired) electrons. The Kier molecular flexibility index (Phi) is 6.09.